The molecule has 0 aromatic heterocycles. The van der Waals surface area contributed by atoms with Gasteiger partial charge in [-0.15, -0.1) is 0 Å². The molecule has 25 nitrogen and oxygen atoms in total. The number of phosphoric ester groups is 1. The normalized spacial score (nSPS) is 24.8. The summed E-state index contributed by atoms with van der Waals surface area (Å²) in [4.78, 5) is 66.7. The first-order valence-electron chi connectivity index (χ1n) is 49.7. The molecule has 2 saturated heterocycles. The quantitative estimate of drug-likeness (QED) is 0.0117. The minimum atomic E-state index is -5.81. The van der Waals surface area contributed by atoms with Gasteiger partial charge in [0.2, 0.25) is 0 Å². The average molecular weight is 1750 g/mol. The van der Waals surface area contributed by atoms with Crippen LogP contribution < -0.4 is 0 Å². The Morgan fingerprint density at radius 2 is 0.620 bits per heavy atom. The van der Waals surface area contributed by atoms with E-state index in [9.17, 15) is 74.6 Å². The maximum atomic E-state index is 14.9. The number of aliphatic hydroxyl groups excluding tert-OH is 9. The molecule has 2 heterocycles. The van der Waals surface area contributed by atoms with Gasteiger partial charge in [-0.1, -0.05) is 394 Å². The van der Waals surface area contributed by atoms with Gasteiger partial charge in [-0.2, -0.15) is 0 Å². The first-order valence-corrected chi connectivity index (χ1v) is 51.2. The number of hydrogen-bond donors (Lipinski definition) is 10. The Labute approximate surface area is 731 Å². The number of rotatable bonds is 81. The molecule has 0 aromatic rings. The fourth-order valence-electron chi connectivity index (χ4n) is 16.8. The van der Waals surface area contributed by atoms with Crippen molar-refractivity contribution in [3.05, 3.63) is 0 Å². The van der Waals surface area contributed by atoms with E-state index >= 15 is 0 Å². The topological polar surface area (TPSA) is 380 Å². The summed E-state index contributed by atoms with van der Waals surface area (Å²) >= 11 is 0. The summed E-state index contributed by atoms with van der Waals surface area (Å²) in [5, 5.41) is 103. The minimum Gasteiger partial charge on any atom is -0.463 e. The molecule has 0 bridgehead atoms. The highest BCUT2D eigenvalue weighted by Gasteiger charge is 2.60. The molecule has 121 heavy (non-hydrogen) atoms. The van der Waals surface area contributed by atoms with Crippen molar-refractivity contribution in [1.29, 1.82) is 0 Å². The van der Waals surface area contributed by atoms with E-state index in [1.807, 2.05) is 0 Å². The molecule has 1 aliphatic carbocycles. The van der Waals surface area contributed by atoms with E-state index in [1.165, 1.54) is 225 Å². The van der Waals surface area contributed by atoms with Crippen LogP contribution >= 0.6 is 7.82 Å². The second-order valence-corrected chi connectivity index (χ2v) is 37.3. The molecule has 0 aromatic carbocycles. The van der Waals surface area contributed by atoms with Crippen LogP contribution in [0.3, 0.4) is 0 Å². The third-order valence-corrected chi connectivity index (χ3v) is 25.7. The van der Waals surface area contributed by atoms with Crippen LogP contribution in [0.2, 0.25) is 0 Å². The standard InChI is InChI=1S/C95H179O25P/c1-6-10-14-18-22-25-28-31-34-37-39-42-45-48-55-61-67-79(98)112-73-77-83(102)85(104)89(108)95(116-77)119-92-90(117-81(100)69-63-57-51-50-53-59-65-74(5)64-58-52-21-17-13-9-4)86(105)87(106)91(118-94-88(107)84(103)82(101)76(70-96)115-94)93(92)120-121(109,110)113-72-75(114-80(99)68-62-56-49-46-43-40-36-33-30-27-24-20-16-12-8-3)71-111-78(97)66-60-54-47-44-41-38-35-32-29-26-23-19-15-11-7-2/h74-77,82-96,101-108H,6-73H2,1-5H3,(H,109,110). The van der Waals surface area contributed by atoms with Crippen LogP contribution in [0.1, 0.15) is 446 Å². The number of hydrogen-bond acceptors (Lipinski definition) is 24. The second-order valence-electron chi connectivity index (χ2n) is 35.9. The molecule has 3 fully saturated rings. The monoisotopic (exact) mass is 1750 g/mol. The van der Waals surface area contributed by atoms with Crippen molar-refractivity contribution < 1.29 is 122 Å². The Balaban J connectivity index is 1.90. The third kappa shape index (κ3) is 53.3. The van der Waals surface area contributed by atoms with Crippen LogP contribution in [-0.4, -0.2) is 205 Å². The van der Waals surface area contributed by atoms with Gasteiger partial charge in [0.1, 0.15) is 92.6 Å². The summed E-state index contributed by atoms with van der Waals surface area (Å²) in [5.74, 6) is -2.31. The first-order chi connectivity index (χ1) is 58.6. The van der Waals surface area contributed by atoms with Crippen LogP contribution in [0, 0.1) is 5.92 Å². The molecular weight excluding hydrogens is 1570 g/mol. The Morgan fingerprint density at radius 3 is 0.983 bits per heavy atom. The summed E-state index contributed by atoms with van der Waals surface area (Å²) in [7, 11) is -5.81. The zero-order valence-electron chi connectivity index (χ0n) is 76.5. The Hall–Kier alpha value is -2.53. The molecular formula is C95H179O25P. The van der Waals surface area contributed by atoms with E-state index < -0.39 is 162 Å². The zero-order chi connectivity index (χ0) is 88.4. The molecule has 10 N–H and O–H groups in total. The lowest BCUT2D eigenvalue weighted by Gasteiger charge is -2.50. The summed E-state index contributed by atoms with van der Waals surface area (Å²) in [6.45, 7) is 7.96. The Bertz CT molecular complexity index is 2520. The average Bonchev–Trinajstić information content (AvgIpc) is 0.753. The van der Waals surface area contributed by atoms with Gasteiger partial charge in [-0.25, -0.2) is 4.57 Å². The minimum absolute atomic E-state index is 0.0199. The fourth-order valence-corrected chi connectivity index (χ4v) is 17.8. The fraction of sp³-hybridized carbons (Fsp3) is 0.958. The van der Waals surface area contributed by atoms with Crippen LogP contribution in [0.4, 0.5) is 0 Å². The molecule has 3 aliphatic rings. The zero-order valence-corrected chi connectivity index (χ0v) is 77.4. The predicted molar refractivity (Wildman–Crippen MR) is 472 cm³/mol. The largest absolute Gasteiger partial charge is 0.472 e. The van der Waals surface area contributed by atoms with E-state index in [1.54, 1.807) is 0 Å². The smallest absolute Gasteiger partial charge is 0.463 e. The van der Waals surface area contributed by atoms with Gasteiger partial charge >= 0.3 is 31.7 Å². The molecule has 0 spiro atoms. The van der Waals surface area contributed by atoms with Gasteiger partial charge in [0.25, 0.3) is 0 Å². The number of unbranched alkanes of at least 4 members (excludes halogenated alkanes) is 53. The maximum absolute atomic E-state index is 14.9. The number of aliphatic hydroxyl groups is 9. The molecule has 19 unspecified atom stereocenters. The summed E-state index contributed by atoms with van der Waals surface area (Å²) < 4.78 is 73.7. The van der Waals surface area contributed by atoms with Crippen molar-refractivity contribution in [2.24, 2.45) is 5.92 Å². The lowest BCUT2D eigenvalue weighted by molar-refractivity contribution is -0.360. The van der Waals surface area contributed by atoms with Gasteiger partial charge in [0, 0.05) is 25.7 Å². The lowest BCUT2D eigenvalue weighted by Crippen LogP contribution is -2.70. The van der Waals surface area contributed by atoms with Crippen molar-refractivity contribution in [1.82, 2.24) is 0 Å². The van der Waals surface area contributed by atoms with Gasteiger partial charge in [-0.3, -0.25) is 28.2 Å². The molecule has 0 radical (unpaired) electrons. The van der Waals surface area contributed by atoms with Crippen molar-refractivity contribution >= 4 is 31.7 Å². The summed E-state index contributed by atoms with van der Waals surface area (Å²) in [5.41, 5.74) is 0. The van der Waals surface area contributed by atoms with Crippen molar-refractivity contribution in [2.45, 2.75) is 550 Å². The van der Waals surface area contributed by atoms with E-state index in [2.05, 4.69) is 34.6 Å². The van der Waals surface area contributed by atoms with E-state index in [-0.39, 0.29) is 25.7 Å². The second kappa shape index (κ2) is 73.3. The lowest BCUT2D eigenvalue weighted by atomic mass is 9.84. The highest BCUT2D eigenvalue weighted by atomic mass is 31.2. The maximum Gasteiger partial charge on any atom is 0.472 e. The molecule has 714 valence electrons. The van der Waals surface area contributed by atoms with Crippen molar-refractivity contribution in [3.8, 4) is 0 Å². The molecule has 3 rings (SSSR count). The number of esters is 4. The number of carbonyl (C=O) groups excluding carboxylic acids is 4. The van der Waals surface area contributed by atoms with Crippen LogP contribution in [0.5, 0.6) is 0 Å². The van der Waals surface area contributed by atoms with Crippen molar-refractivity contribution in [3.63, 3.8) is 0 Å². The van der Waals surface area contributed by atoms with Gasteiger partial charge in [0.15, 0.2) is 24.8 Å². The highest BCUT2D eigenvalue weighted by Crippen LogP contribution is 2.49. The highest BCUT2D eigenvalue weighted by molar-refractivity contribution is 7.47. The van der Waals surface area contributed by atoms with Gasteiger partial charge in [0.05, 0.1) is 13.2 Å². The Kier molecular flexibility index (Phi) is 68.2. The Morgan fingerprint density at radius 1 is 0.322 bits per heavy atom. The van der Waals surface area contributed by atoms with Gasteiger partial charge in [-0.05, 0) is 31.6 Å². The predicted octanol–water partition coefficient (Wildman–Crippen LogP) is 19.2. The van der Waals surface area contributed by atoms with E-state index in [4.69, 9.17) is 46.9 Å². The van der Waals surface area contributed by atoms with Crippen LogP contribution in [0.15, 0.2) is 0 Å². The molecule has 2 aliphatic heterocycles. The first kappa shape index (κ1) is 113. The number of phosphoric acid groups is 1. The van der Waals surface area contributed by atoms with Gasteiger partial charge < -0.3 is 88.7 Å². The van der Waals surface area contributed by atoms with Crippen LogP contribution in [0.25, 0.3) is 0 Å². The molecule has 1 saturated carbocycles. The third-order valence-electron chi connectivity index (χ3n) is 24.8. The number of ether oxygens (including phenoxy) is 8. The molecule has 0 amide bonds. The summed E-state index contributed by atoms with van der Waals surface area (Å²) in [6, 6.07) is 0. The number of carbonyl (C=O) groups is 4. The van der Waals surface area contributed by atoms with Crippen molar-refractivity contribution in [2.75, 3.05) is 26.4 Å². The summed E-state index contributed by atoms with van der Waals surface area (Å²) in [6.07, 6.45) is 30.7. The van der Waals surface area contributed by atoms with E-state index in [0.717, 1.165) is 128 Å². The molecule has 26 heteroatoms. The van der Waals surface area contributed by atoms with Crippen LogP contribution in [-0.2, 0) is 70.7 Å². The SMILES string of the molecule is CCCCCCCCCCCCCCCCCCC(=O)OCC1OC(OC2C(OC(=O)CCCCCCCCC(C)CCCCCCCC)C(O)C(O)C(OC3OC(CO)C(O)C(O)C3O)C2OP(=O)(O)OCC(COC(=O)CCCCCCCCCCCCCCCCC)OC(=O)CCCCCCCCCCCCCCCCC)C(O)C(O)C1O. The van der Waals surface area contributed by atoms with E-state index in [0.29, 0.717) is 38.0 Å². The molecule has 19 atom stereocenters.